The van der Waals surface area contributed by atoms with Crippen LogP contribution in [-0.4, -0.2) is 40.3 Å². The van der Waals surface area contributed by atoms with Gasteiger partial charge in [-0.2, -0.15) is 0 Å². The van der Waals surface area contributed by atoms with Crippen molar-refractivity contribution in [1.82, 2.24) is 4.90 Å². The molecule has 31 heavy (non-hydrogen) atoms. The van der Waals surface area contributed by atoms with Gasteiger partial charge in [0.25, 0.3) is 0 Å². The van der Waals surface area contributed by atoms with Crippen molar-refractivity contribution in [2.24, 2.45) is 4.99 Å². The molecule has 2 aromatic carbocycles. The number of rotatable bonds is 8. The third-order valence-electron chi connectivity index (χ3n) is 4.28. The second kappa shape index (κ2) is 10.2. The largest absolute Gasteiger partial charge is 0.494 e. The number of hydrogen-bond acceptors (Lipinski definition) is 5. The van der Waals surface area contributed by atoms with Gasteiger partial charge in [-0.1, -0.05) is 17.8 Å². The molecule has 1 heterocycles. The molecular weight excluding hydrogens is 424 g/mol. The van der Waals surface area contributed by atoms with E-state index >= 15 is 0 Å². The average molecular weight is 445 g/mol. The van der Waals surface area contributed by atoms with Gasteiger partial charge in [0.15, 0.2) is 5.17 Å². The van der Waals surface area contributed by atoms with Gasteiger partial charge in [0, 0.05) is 19.0 Å². The van der Waals surface area contributed by atoms with Crippen molar-refractivity contribution in [2.75, 3.05) is 18.5 Å². The Kier molecular flexibility index (Phi) is 7.41. The van der Waals surface area contributed by atoms with Crippen molar-refractivity contribution in [3.8, 4) is 5.75 Å². The summed E-state index contributed by atoms with van der Waals surface area (Å²) in [6, 6.07) is 9.96. The highest BCUT2D eigenvalue weighted by molar-refractivity contribution is 8.15. The van der Waals surface area contributed by atoms with E-state index in [1.807, 2.05) is 6.92 Å². The highest BCUT2D eigenvalue weighted by Gasteiger charge is 2.38. The summed E-state index contributed by atoms with van der Waals surface area (Å²) in [6.07, 6.45) is 1.39. The molecule has 0 saturated carbocycles. The topological polar surface area (TPSA) is 71.0 Å². The number of carbonyl (C=O) groups is 2. The fourth-order valence-electron chi connectivity index (χ4n) is 2.88. The Morgan fingerprint density at radius 3 is 2.68 bits per heavy atom. The van der Waals surface area contributed by atoms with Gasteiger partial charge in [0.05, 0.1) is 18.0 Å². The second-order valence-electron chi connectivity index (χ2n) is 6.54. The van der Waals surface area contributed by atoms with Gasteiger partial charge >= 0.3 is 0 Å². The number of aliphatic imine (C=N–C) groups is 1. The third-order valence-corrected chi connectivity index (χ3v) is 5.46. The summed E-state index contributed by atoms with van der Waals surface area (Å²) in [5.74, 6) is -1.76. The number of hydrogen-bond donors (Lipinski definition) is 1. The summed E-state index contributed by atoms with van der Waals surface area (Å²) in [4.78, 5) is 31.1. The van der Waals surface area contributed by atoms with E-state index < -0.39 is 22.8 Å². The highest BCUT2D eigenvalue weighted by atomic mass is 32.2. The zero-order valence-corrected chi connectivity index (χ0v) is 17.6. The summed E-state index contributed by atoms with van der Waals surface area (Å²) in [6.45, 7) is 6.35. The first kappa shape index (κ1) is 22.5. The number of thioether (sulfide) groups is 1. The number of nitrogens with zero attached hydrogens (tertiary/aromatic N) is 2. The number of anilines is 1. The van der Waals surface area contributed by atoms with Crippen LogP contribution in [0.2, 0.25) is 0 Å². The van der Waals surface area contributed by atoms with E-state index in [-0.39, 0.29) is 24.6 Å². The Balaban J connectivity index is 1.72. The van der Waals surface area contributed by atoms with E-state index in [1.54, 1.807) is 30.3 Å². The van der Waals surface area contributed by atoms with E-state index in [4.69, 9.17) is 4.74 Å². The van der Waals surface area contributed by atoms with Gasteiger partial charge in [0.1, 0.15) is 22.6 Å². The third kappa shape index (κ3) is 5.69. The number of benzene rings is 2. The van der Waals surface area contributed by atoms with E-state index in [2.05, 4.69) is 16.9 Å². The predicted molar refractivity (Wildman–Crippen MR) is 118 cm³/mol. The Morgan fingerprint density at radius 1 is 1.29 bits per heavy atom. The maximum Gasteiger partial charge on any atom is 0.242 e. The number of amidine groups is 1. The van der Waals surface area contributed by atoms with Gasteiger partial charge in [-0.15, -0.1) is 6.58 Å². The molecule has 1 N–H and O–H groups in total. The fraction of sp³-hybridized carbons (Fsp3) is 0.227. The number of ether oxygens (including phenoxy) is 1. The standard InChI is InChI=1S/C22H21F2N3O3S/c1-3-11-27-21(29)19(13-20(28)26-18-10-5-14(23)12-17(18)24)31-22(27)25-15-6-8-16(9-7-15)30-4-2/h3,5-10,12,19H,1,4,11,13H2,2H3,(H,26,28). The van der Waals surface area contributed by atoms with Crippen LogP contribution in [0.25, 0.3) is 0 Å². The lowest BCUT2D eigenvalue weighted by Crippen LogP contribution is -2.33. The van der Waals surface area contributed by atoms with Crippen LogP contribution in [0.5, 0.6) is 5.75 Å². The van der Waals surface area contributed by atoms with E-state index in [1.165, 1.54) is 4.90 Å². The molecule has 9 heteroatoms. The SMILES string of the molecule is C=CCN1C(=O)C(CC(=O)Nc2ccc(F)cc2F)SC1=Nc1ccc(OCC)cc1. The van der Waals surface area contributed by atoms with Crippen LogP contribution in [0.4, 0.5) is 20.2 Å². The van der Waals surface area contributed by atoms with Gasteiger partial charge in [-0.3, -0.25) is 14.5 Å². The molecule has 2 aromatic rings. The quantitative estimate of drug-likeness (QED) is 0.607. The second-order valence-corrected chi connectivity index (χ2v) is 7.71. The van der Waals surface area contributed by atoms with Crippen molar-refractivity contribution >= 4 is 40.1 Å². The molecule has 1 aliphatic heterocycles. The molecule has 0 bridgehead atoms. The number of carbonyl (C=O) groups excluding carboxylic acids is 2. The molecule has 3 rings (SSSR count). The van der Waals surface area contributed by atoms with E-state index in [9.17, 15) is 18.4 Å². The van der Waals surface area contributed by atoms with Crippen LogP contribution in [0.15, 0.2) is 60.1 Å². The smallest absolute Gasteiger partial charge is 0.242 e. The average Bonchev–Trinajstić information content (AvgIpc) is 3.01. The Labute approximate surface area is 183 Å². The lowest BCUT2D eigenvalue weighted by Gasteiger charge is -2.14. The molecule has 1 unspecified atom stereocenters. The van der Waals surface area contributed by atoms with Crippen molar-refractivity contribution in [3.05, 3.63) is 66.8 Å². The molecule has 1 fully saturated rings. The lowest BCUT2D eigenvalue weighted by molar-refractivity contribution is -0.127. The number of nitrogens with one attached hydrogen (secondary N) is 1. The minimum atomic E-state index is -0.884. The Hall–Kier alpha value is -3.20. The number of halogens is 2. The van der Waals surface area contributed by atoms with Crippen LogP contribution in [0.3, 0.4) is 0 Å². The molecule has 1 aliphatic rings. The van der Waals surface area contributed by atoms with Crippen LogP contribution in [-0.2, 0) is 9.59 Å². The molecule has 6 nitrogen and oxygen atoms in total. The maximum atomic E-state index is 13.8. The van der Waals surface area contributed by atoms with Crippen molar-refractivity contribution in [3.63, 3.8) is 0 Å². The molecule has 1 atom stereocenters. The van der Waals surface area contributed by atoms with Crippen LogP contribution >= 0.6 is 11.8 Å². The zero-order valence-electron chi connectivity index (χ0n) is 16.8. The summed E-state index contributed by atoms with van der Waals surface area (Å²) in [7, 11) is 0. The monoisotopic (exact) mass is 445 g/mol. The van der Waals surface area contributed by atoms with Gasteiger partial charge in [0.2, 0.25) is 11.8 Å². The first-order chi connectivity index (χ1) is 14.9. The molecule has 2 amide bonds. The summed E-state index contributed by atoms with van der Waals surface area (Å²) >= 11 is 1.15. The molecule has 0 spiro atoms. The van der Waals surface area contributed by atoms with Crippen molar-refractivity contribution < 1.29 is 23.1 Å². The Bertz CT molecular complexity index is 1010. The van der Waals surface area contributed by atoms with Gasteiger partial charge < -0.3 is 10.1 Å². The minimum Gasteiger partial charge on any atom is -0.494 e. The first-order valence-corrected chi connectivity index (χ1v) is 10.4. The maximum absolute atomic E-state index is 13.8. The summed E-state index contributed by atoms with van der Waals surface area (Å²) in [5, 5.41) is 2.10. The Morgan fingerprint density at radius 2 is 2.03 bits per heavy atom. The number of amides is 2. The molecular formula is C22H21F2N3O3S. The first-order valence-electron chi connectivity index (χ1n) is 9.56. The molecule has 162 valence electrons. The van der Waals surface area contributed by atoms with Crippen LogP contribution < -0.4 is 10.1 Å². The zero-order chi connectivity index (χ0) is 22.4. The molecule has 0 aliphatic carbocycles. The molecule has 0 aromatic heterocycles. The normalized spacial score (nSPS) is 17.1. The van der Waals surface area contributed by atoms with Crippen LogP contribution in [0, 0.1) is 11.6 Å². The van der Waals surface area contributed by atoms with Gasteiger partial charge in [-0.05, 0) is 43.3 Å². The highest BCUT2D eigenvalue weighted by Crippen LogP contribution is 2.32. The van der Waals surface area contributed by atoms with E-state index in [0.717, 1.165) is 23.9 Å². The van der Waals surface area contributed by atoms with E-state index in [0.29, 0.717) is 29.3 Å². The summed E-state index contributed by atoms with van der Waals surface area (Å²) in [5.41, 5.74) is 0.486. The fourth-order valence-corrected chi connectivity index (χ4v) is 4.04. The minimum absolute atomic E-state index is 0.145. The van der Waals surface area contributed by atoms with Crippen molar-refractivity contribution in [1.29, 1.82) is 0 Å². The lowest BCUT2D eigenvalue weighted by atomic mass is 10.2. The van der Waals surface area contributed by atoms with Gasteiger partial charge in [-0.25, -0.2) is 13.8 Å². The molecule has 1 saturated heterocycles. The van der Waals surface area contributed by atoms with Crippen LogP contribution in [0.1, 0.15) is 13.3 Å². The summed E-state index contributed by atoms with van der Waals surface area (Å²) < 4.78 is 32.2. The van der Waals surface area contributed by atoms with Crippen molar-refractivity contribution in [2.45, 2.75) is 18.6 Å². The molecule has 0 radical (unpaired) electrons. The predicted octanol–water partition coefficient (Wildman–Crippen LogP) is 4.51.